The lowest BCUT2D eigenvalue weighted by Gasteiger charge is -2.19. The van der Waals surface area contributed by atoms with E-state index in [2.05, 4.69) is 4.98 Å². The van der Waals surface area contributed by atoms with Crippen LogP contribution in [0.15, 0.2) is 47.4 Å². The fourth-order valence-corrected chi connectivity index (χ4v) is 5.61. The molecule has 3 aromatic heterocycles. The van der Waals surface area contributed by atoms with E-state index in [1.165, 1.54) is 0 Å². The number of hydrogen-bond donors (Lipinski definition) is 1. The molecule has 1 aromatic carbocycles. The highest BCUT2D eigenvalue weighted by atomic mass is 32.2. The molecule has 1 aliphatic rings. The maximum Gasteiger partial charge on any atom is 0.261 e. The molecule has 0 bridgehead atoms. The SMILES string of the molecule is Cn1c(=O)c2ccc(-c3ccc(N)nc3)cc2n2nc(C3CCS(=O)(=O)CC3)cc12. The van der Waals surface area contributed by atoms with Crippen LogP contribution in [0.4, 0.5) is 5.82 Å². The third-order valence-corrected chi connectivity index (χ3v) is 7.62. The number of hydrogen-bond acceptors (Lipinski definition) is 6. The molecule has 0 radical (unpaired) electrons. The van der Waals surface area contributed by atoms with Gasteiger partial charge >= 0.3 is 0 Å². The van der Waals surface area contributed by atoms with Crippen molar-refractivity contribution < 1.29 is 8.42 Å². The molecule has 9 heteroatoms. The van der Waals surface area contributed by atoms with Gasteiger partial charge in [0.2, 0.25) is 0 Å². The van der Waals surface area contributed by atoms with E-state index >= 15 is 0 Å². The van der Waals surface area contributed by atoms with Crippen molar-refractivity contribution in [3.8, 4) is 11.1 Å². The Morgan fingerprint density at radius 3 is 2.50 bits per heavy atom. The van der Waals surface area contributed by atoms with Gasteiger partial charge in [0, 0.05) is 30.8 Å². The van der Waals surface area contributed by atoms with Gasteiger partial charge in [-0.25, -0.2) is 17.9 Å². The third kappa shape index (κ3) is 3.06. The van der Waals surface area contributed by atoms with Crippen molar-refractivity contribution in [3.63, 3.8) is 0 Å². The number of aryl methyl sites for hydroxylation is 1. The van der Waals surface area contributed by atoms with Gasteiger partial charge in [-0.3, -0.25) is 9.36 Å². The maximum absolute atomic E-state index is 12.9. The average molecular weight is 423 g/mol. The average Bonchev–Trinajstić information content (AvgIpc) is 3.18. The number of nitrogens with zero attached hydrogens (tertiary/aromatic N) is 4. The second kappa shape index (κ2) is 6.66. The fraction of sp³-hybridized carbons (Fsp3) is 0.286. The van der Waals surface area contributed by atoms with Crippen LogP contribution in [0.1, 0.15) is 24.5 Å². The second-order valence-corrected chi connectivity index (χ2v) is 10.1. The summed E-state index contributed by atoms with van der Waals surface area (Å²) in [5.41, 5.74) is 9.61. The molecule has 1 saturated heterocycles. The first kappa shape index (κ1) is 18.8. The van der Waals surface area contributed by atoms with Crippen molar-refractivity contribution in [2.45, 2.75) is 18.8 Å². The first-order valence-electron chi connectivity index (χ1n) is 9.77. The molecule has 1 fully saturated rings. The first-order valence-corrected chi connectivity index (χ1v) is 11.6. The topological polar surface area (TPSA) is 112 Å². The van der Waals surface area contributed by atoms with Crippen molar-refractivity contribution in [1.29, 1.82) is 0 Å². The molecule has 0 atom stereocenters. The molecule has 0 saturated carbocycles. The number of nitrogens with two attached hydrogens (primary N) is 1. The zero-order chi connectivity index (χ0) is 21.0. The third-order valence-electron chi connectivity index (χ3n) is 5.91. The van der Waals surface area contributed by atoms with Crippen LogP contribution >= 0.6 is 0 Å². The summed E-state index contributed by atoms with van der Waals surface area (Å²) in [6, 6.07) is 11.2. The minimum atomic E-state index is -2.95. The number of sulfone groups is 1. The van der Waals surface area contributed by atoms with Crippen molar-refractivity contribution in [1.82, 2.24) is 19.2 Å². The molecular formula is C21H21N5O3S. The predicted octanol–water partition coefficient (Wildman–Crippen LogP) is 2.12. The van der Waals surface area contributed by atoms with E-state index in [0.717, 1.165) is 16.8 Å². The first-order chi connectivity index (χ1) is 14.3. The highest BCUT2D eigenvalue weighted by Gasteiger charge is 2.27. The number of rotatable bonds is 2. The van der Waals surface area contributed by atoms with Crippen LogP contribution in [0.2, 0.25) is 0 Å². The monoisotopic (exact) mass is 423 g/mol. The van der Waals surface area contributed by atoms with E-state index in [1.807, 2.05) is 24.3 Å². The molecular weight excluding hydrogens is 402 g/mol. The lowest BCUT2D eigenvalue weighted by atomic mass is 9.99. The highest BCUT2D eigenvalue weighted by Crippen LogP contribution is 2.30. The Labute approximate surface area is 172 Å². The van der Waals surface area contributed by atoms with Crippen LogP contribution in [0, 0.1) is 0 Å². The summed E-state index contributed by atoms with van der Waals surface area (Å²) in [5, 5.41) is 5.36. The van der Waals surface area contributed by atoms with Gasteiger partial charge in [0.1, 0.15) is 21.3 Å². The molecule has 5 rings (SSSR count). The van der Waals surface area contributed by atoms with Crippen LogP contribution in [0.3, 0.4) is 0 Å². The largest absolute Gasteiger partial charge is 0.384 e. The van der Waals surface area contributed by atoms with Gasteiger partial charge < -0.3 is 5.73 Å². The van der Waals surface area contributed by atoms with Crippen molar-refractivity contribution in [3.05, 3.63) is 58.6 Å². The van der Waals surface area contributed by atoms with E-state index in [9.17, 15) is 13.2 Å². The summed E-state index contributed by atoms with van der Waals surface area (Å²) in [4.78, 5) is 17.1. The molecule has 0 amide bonds. The van der Waals surface area contributed by atoms with Gasteiger partial charge in [-0.2, -0.15) is 5.10 Å². The summed E-state index contributed by atoms with van der Waals surface area (Å²) < 4.78 is 26.9. The molecule has 0 spiro atoms. The predicted molar refractivity (Wildman–Crippen MR) is 116 cm³/mol. The van der Waals surface area contributed by atoms with Crippen LogP contribution in [-0.4, -0.2) is 39.1 Å². The molecule has 8 nitrogen and oxygen atoms in total. The van der Waals surface area contributed by atoms with Gasteiger partial charge in [0.05, 0.1) is 28.1 Å². The lowest BCUT2D eigenvalue weighted by Crippen LogP contribution is -2.22. The smallest absolute Gasteiger partial charge is 0.261 e. The number of aromatic nitrogens is 4. The summed E-state index contributed by atoms with van der Waals surface area (Å²) >= 11 is 0. The maximum atomic E-state index is 12.9. The Hall–Kier alpha value is -3.20. The zero-order valence-corrected chi connectivity index (χ0v) is 17.3. The van der Waals surface area contributed by atoms with Gasteiger partial charge in [0.25, 0.3) is 5.56 Å². The van der Waals surface area contributed by atoms with Crippen LogP contribution in [0.5, 0.6) is 0 Å². The Morgan fingerprint density at radius 2 is 1.80 bits per heavy atom. The van der Waals surface area contributed by atoms with Crippen LogP contribution < -0.4 is 11.3 Å². The van der Waals surface area contributed by atoms with Crippen molar-refractivity contribution >= 4 is 32.2 Å². The Kier molecular flexibility index (Phi) is 4.18. The molecule has 30 heavy (non-hydrogen) atoms. The normalized spacial score (nSPS) is 17.0. The Bertz CT molecular complexity index is 1440. The van der Waals surface area contributed by atoms with Crippen LogP contribution in [-0.2, 0) is 16.9 Å². The van der Waals surface area contributed by atoms with E-state index in [-0.39, 0.29) is 23.0 Å². The van der Waals surface area contributed by atoms with E-state index in [4.69, 9.17) is 10.8 Å². The molecule has 154 valence electrons. The molecule has 2 N–H and O–H groups in total. The summed E-state index contributed by atoms with van der Waals surface area (Å²) in [6.07, 6.45) is 2.81. The number of anilines is 1. The number of pyridine rings is 1. The minimum Gasteiger partial charge on any atom is -0.384 e. The summed E-state index contributed by atoms with van der Waals surface area (Å²) in [6.45, 7) is 0. The van der Waals surface area contributed by atoms with Crippen molar-refractivity contribution in [2.24, 2.45) is 7.05 Å². The molecule has 0 aliphatic carbocycles. The quantitative estimate of drug-likeness (QED) is 0.528. The van der Waals surface area contributed by atoms with Gasteiger partial charge in [-0.15, -0.1) is 0 Å². The van der Waals surface area contributed by atoms with Crippen molar-refractivity contribution in [2.75, 3.05) is 17.2 Å². The lowest BCUT2D eigenvalue weighted by molar-refractivity contribution is 0.543. The Balaban J connectivity index is 1.68. The molecule has 0 unspecified atom stereocenters. The minimum absolute atomic E-state index is 0.0723. The van der Waals surface area contributed by atoms with Gasteiger partial charge in [-0.1, -0.05) is 6.07 Å². The molecule has 4 aromatic rings. The molecule has 4 heterocycles. The number of benzene rings is 1. The molecule has 1 aliphatic heterocycles. The van der Waals surface area contributed by atoms with E-state index in [0.29, 0.717) is 35.2 Å². The van der Waals surface area contributed by atoms with Gasteiger partial charge in [0.15, 0.2) is 0 Å². The fourth-order valence-electron chi connectivity index (χ4n) is 4.12. The summed E-state index contributed by atoms with van der Waals surface area (Å²) in [7, 11) is -1.22. The summed E-state index contributed by atoms with van der Waals surface area (Å²) in [5.74, 6) is 0.879. The number of fused-ring (bicyclic) bond motifs is 3. The van der Waals surface area contributed by atoms with E-state index in [1.54, 1.807) is 34.5 Å². The highest BCUT2D eigenvalue weighted by molar-refractivity contribution is 7.91. The second-order valence-electron chi connectivity index (χ2n) is 7.83. The number of nitrogen functional groups attached to an aromatic ring is 1. The van der Waals surface area contributed by atoms with Gasteiger partial charge in [-0.05, 0) is 42.7 Å². The van der Waals surface area contributed by atoms with E-state index < -0.39 is 9.84 Å². The Morgan fingerprint density at radius 1 is 1.07 bits per heavy atom. The zero-order valence-electron chi connectivity index (χ0n) is 16.4. The van der Waals surface area contributed by atoms with Crippen LogP contribution in [0.25, 0.3) is 27.7 Å². The standard InChI is InChI=1S/C21H21N5O3S/c1-25-20-11-17(13-6-8-30(28,29)9-7-13)24-26(20)18-10-14(2-4-16(18)21(25)27)15-3-5-19(22)23-12-15/h2-5,10-13H,6-9H2,1H3,(H2,22,23).